The summed E-state index contributed by atoms with van der Waals surface area (Å²) >= 11 is 0. The van der Waals surface area contributed by atoms with Gasteiger partial charge >= 0.3 is 0 Å². The van der Waals surface area contributed by atoms with Crippen molar-refractivity contribution in [3.63, 3.8) is 0 Å². The van der Waals surface area contributed by atoms with E-state index in [9.17, 15) is 4.79 Å². The van der Waals surface area contributed by atoms with Crippen LogP contribution < -0.4 is 10.1 Å². The summed E-state index contributed by atoms with van der Waals surface area (Å²) < 4.78 is 5.14. The first-order chi connectivity index (χ1) is 8.35. The van der Waals surface area contributed by atoms with Crippen molar-refractivity contribution < 1.29 is 9.53 Å². The van der Waals surface area contributed by atoms with Crippen LogP contribution in [-0.2, 0) is 4.79 Å². The summed E-state index contributed by atoms with van der Waals surface area (Å²) in [4.78, 5) is 10.6. The van der Waals surface area contributed by atoms with E-state index in [0.717, 1.165) is 16.8 Å². The zero-order valence-corrected chi connectivity index (χ0v) is 9.51. The van der Waals surface area contributed by atoms with E-state index in [1.54, 1.807) is 13.2 Å². The van der Waals surface area contributed by atoms with Gasteiger partial charge < -0.3 is 10.1 Å². The second-order valence-electron chi connectivity index (χ2n) is 3.54. The van der Waals surface area contributed by atoms with Crippen LogP contribution in [-0.4, -0.2) is 13.5 Å². The minimum atomic E-state index is 0.668. The van der Waals surface area contributed by atoms with Crippen molar-refractivity contribution in [3.05, 3.63) is 48.5 Å². The summed E-state index contributed by atoms with van der Waals surface area (Å²) in [7, 11) is 1.60. The fourth-order valence-corrected chi connectivity index (χ4v) is 1.70. The molecule has 0 radical (unpaired) electrons. The third-order valence-electron chi connectivity index (χ3n) is 2.53. The third kappa shape index (κ3) is 2.45. The maximum atomic E-state index is 10.6. The molecular weight excluding hydrogens is 214 g/mol. The molecule has 0 aliphatic heterocycles. The van der Waals surface area contributed by atoms with Crippen LogP contribution in [0.1, 0.15) is 0 Å². The summed E-state index contributed by atoms with van der Waals surface area (Å²) in [6.45, 7) is 0. The highest BCUT2D eigenvalue weighted by molar-refractivity contribution is 5.85. The van der Waals surface area contributed by atoms with E-state index in [4.69, 9.17) is 4.74 Å². The molecule has 0 spiro atoms. The normalized spacial score (nSPS) is 9.71. The van der Waals surface area contributed by atoms with Crippen LogP contribution in [0.3, 0.4) is 0 Å². The predicted molar refractivity (Wildman–Crippen MR) is 68.1 cm³/mol. The molecule has 86 valence electrons. The predicted octanol–water partition coefficient (Wildman–Crippen LogP) is 2.93. The van der Waals surface area contributed by atoms with Gasteiger partial charge in [0.15, 0.2) is 0 Å². The number of anilines is 1. The van der Waals surface area contributed by atoms with Gasteiger partial charge in [-0.1, -0.05) is 30.3 Å². The number of hydrogen-bond donors (Lipinski definition) is 1. The summed E-state index contributed by atoms with van der Waals surface area (Å²) in [5.41, 5.74) is 2.77. The maximum Gasteiger partial charge on any atom is 0.211 e. The first-order valence-electron chi connectivity index (χ1n) is 5.29. The molecular formula is C14H13NO2. The molecule has 0 unspecified atom stereocenters. The van der Waals surface area contributed by atoms with Crippen molar-refractivity contribution in [1.82, 2.24) is 0 Å². The lowest BCUT2D eigenvalue weighted by Gasteiger charge is -2.10. The molecule has 0 fully saturated rings. The number of hydrogen-bond acceptors (Lipinski definition) is 2. The molecule has 0 bridgehead atoms. The first kappa shape index (κ1) is 11.2. The zero-order valence-electron chi connectivity index (χ0n) is 9.51. The summed E-state index contributed by atoms with van der Waals surface area (Å²) in [5.74, 6) is 0.717. The fourth-order valence-electron chi connectivity index (χ4n) is 1.70. The van der Waals surface area contributed by atoms with Crippen LogP contribution in [0.15, 0.2) is 48.5 Å². The van der Waals surface area contributed by atoms with Crippen LogP contribution in [0.25, 0.3) is 11.1 Å². The van der Waals surface area contributed by atoms with E-state index < -0.39 is 0 Å². The number of nitrogens with one attached hydrogen (secondary N) is 1. The number of methoxy groups -OCH3 is 1. The number of carbonyl (C=O) groups is 1. The smallest absolute Gasteiger partial charge is 0.211 e. The Balaban J connectivity index is 2.49. The highest BCUT2D eigenvalue weighted by atomic mass is 16.5. The maximum absolute atomic E-state index is 10.6. The Morgan fingerprint density at radius 3 is 2.53 bits per heavy atom. The second-order valence-corrected chi connectivity index (χ2v) is 3.54. The number of ether oxygens (including phenoxy) is 1. The lowest BCUT2D eigenvalue weighted by molar-refractivity contribution is -0.105. The van der Waals surface area contributed by atoms with Crippen molar-refractivity contribution in [2.75, 3.05) is 12.4 Å². The van der Waals surface area contributed by atoms with Gasteiger partial charge in [-0.2, -0.15) is 0 Å². The molecule has 17 heavy (non-hydrogen) atoms. The van der Waals surface area contributed by atoms with Crippen LogP contribution >= 0.6 is 0 Å². The summed E-state index contributed by atoms with van der Waals surface area (Å²) in [6.07, 6.45) is 0.668. The topological polar surface area (TPSA) is 38.3 Å². The van der Waals surface area contributed by atoms with Crippen molar-refractivity contribution in [1.29, 1.82) is 0 Å². The Bertz CT molecular complexity index is 509. The van der Waals surface area contributed by atoms with Crippen molar-refractivity contribution in [2.45, 2.75) is 0 Å². The Labute approximate surface area is 100 Å². The van der Waals surface area contributed by atoms with Crippen LogP contribution in [0, 0.1) is 0 Å². The lowest BCUT2D eigenvalue weighted by atomic mass is 10.0. The van der Waals surface area contributed by atoms with E-state index in [-0.39, 0.29) is 0 Å². The van der Waals surface area contributed by atoms with E-state index >= 15 is 0 Å². The third-order valence-corrected chi connectivity index (χ3v) is 2.53. The number of amides is 1. The Hall–Kier alpha value is -2.29. The van der Waals surface area contributed by atoms with Gasteiger partial charge in [-0.25, -0.2) is 0 Å². The number of benzene rings is 2. The fraction of sp³-hybridized carbons (Fsp3) is 0.0714. The Morgan fingerprint density at radius 1 is 1.12 bits per heavy atom. The molecule has 0 heterocycles. The Morgan fingerprint density at radius 2 is 1.88 bits per heavy atom. The SMILES string of the molecule is COc1ccc(-c2ccccc2)c(NC=O)c1. The molecule has 3 nitrogen and oxygen atoms in total. The molecule has 0 atom stereocenters. The summed E-state index contributed by atoms with van der Waals surface area (Å²) in [6, 6.07) is 15.5. The molecule has 0 aromatic heterocycles. The molecule has 2 rings (SSSR count). The standard InChI is InChI=1S/C14H13NO2/c1-17-12-7-8-13(14(9-12)15-10-16)11-5-3-2-4-6-11/h2-10H,1H3,(H,15,16). The molecule has 2 aromatic rings. The quantitative estimate of drug-likeness (QED) is 0.815. The average molecular weight is 227 g/mol. The van der Waals surface area contributed by atoms with Crippen LogP contribution in [0.4, 0.5) is 5.69 Å². The highest BCUT2D eigenvalue weighted by Gasteiger charge is 2.05. The van der Waals surface area contributed by atoms with Crippen LogP contribution in [0.5, 0.6) is 5.75 Å². The Kier molecular flexibility index (Phi) is 3.40. The monoisotopic (exact) mass is 227 g/mol. The zero-order chi connectivity index (χ0) is 12.1. The van der Waals surface area contributed by atoms with Gasteiger partial charge in [-0.3, -0.25) is 4.79 Å². The largest absolute Gasteiger partial charge is 0.497 e. The molecule has 1 amide bonds. The van der Waals surface area contributed by atoms with Gasteiger partial charge in [-0.15, -0.1) is 0 Å². The van der Waals surface area contributed by atoms with E-state index in [1.807, 2.05) is 42.5 Å². The van der Waals surface area contributed by atoms with Crippen LogP contribution in [0.2, 0.25) is 0 Å². The van der Waals surface area contributed by atoms with Crippen molar-refractivity contribution >= 4 is 12.1 Å². The van der Waals surface area contributed by atoms with E-state index in [0.29, 0.717) is 12.2 Å². The molecule has 0 aliphatic carbocycles. The average Bonchev–Trinajstić information content (AvgIpc) is 2.40. The lowest BCUT2D eigenvalue weighted by Crippen LogP contribution is -1.97. The van der Waals surface area contributed by atoms with Crippen molar-refractivity contribution in [2.24, 2.45) is 0 Å². The van der Waals surface area contributed by atoms with Gasteiger partial charge in [-0.05, 0) is 17.7 Å². The molecule has 2 aromatic carbocycles. The molecule has 1 N–H and O–H groups in total. The summed E-state index contributed by atoms with van der Waals surface area (Å²) in [5, 5.41) is 2.69. The molecule has 0 saturated heterocycles. The molecule has 0 saturated carbocycles. The van der Waals surface area contributed by atoms with E-state index in [2.05, 4.69) is 5.32 Å². The second kappa shape index (κ2) is 5.16. The number of carbonyl (C=O) groups excluding carboxylic acids is 1. The van der Waals surface area contributed by atoms with Gasteiger partial charge in [0.2, 0.25) is 6.41 Å². The van der Waals surface area contributed by atoms with Gasteiger partial charge in [0, 0.05) is 11.6 Å². The van der Waals surface area contributed by atoms with Crippen molar-refractivity contribution in [3.8, 4) is 16.9 Å². The van der Waals surface area contributed by atoms with E-state index in [1.165, 1.54) is 0 Å². The molecule has 0 aliphatic rings. The highest BCUT2D eigenvalue weighted by Crippen LogP contribution is 2.30. The molecule has 3 heteroatoms. The number of rotatable bonds is 4. The minimum absolute atomic E-state index is 0.668. The van der Waals surface area contributed by atoms with Gasteiger partial charge in [0.25, 0.3) is 0 Å². The minimum Gasteiger partial charge on any atom is -0.497 e. The van der Waals surface area contributed by atoms with Gasteiger partial charge in [0.1, 0.15) is 5.75 Å². The first-order valence-corrected chi connectivity index (χ1v) is 5.29. The van der Waals surface area contributed by atoms with Gasteiger partial charge in [0.05, 0.1) is 12.8 Å².